The average Bonchev–Trinajstić information content (AvgIpc) is 2.79. The van der Waals surface area contributed by atoms with Gasteiger partial charge in [-0.2, -0.15) is 0 Å². The maximum atomic E-state index is 10.6. The van der Waals surface area contributed by atoms with Crippen LogP contribution in [0.1, 0.15) is 16.1 Å². The van der Waals surface area contributed by atoms with E-state index in [2.05, 4.69) is 4.98 Å². The number of carbonyl (C=O) groups is 1. The van der Waals surface area contributed by atoms with Crippen molar-refractivity contribution in [3.63, 3.8) is 0 Å². The topological polar surface area (TPSA) is 52.3 Å². The highest BCUT2D eigenvalue weighted by atomic mass is 16.5. The van der Waals surface area contributed by atoms with E-state index in [-0.39, 0.29) is 0 Å². The first kappa shape index (κ1) is 9.45. The van der Waals surface area contributed by atoms with E-state index < -0.39 is 0 Å². The molecule has 0 radical (unpaired) electrons. The van der Waals surface area contributed by atoms with E-state index in [1.807, 2.05) is 6.07 Å². The van der Waals surface area contributed by atoms with Crippen molar-refractivity contribution < 1.29 is 13.9 Å². The van der Waals surface area contributed by atoms with Crippen molar-refractivity contribution in [2.45, 2.75) is 6.61 Å². The number of rotatable bonds is 4. The summed E-state index contributed by atoms with van der Waals surface area (Å²) in [4.78, 5) is 14.5. The molecule has 15 heavy (non-hydrogen) atoms. The van der Waals surface area contributed by atoms with Crippen LogP contribution in [0.5, 0.6) is 5.75 Å². The first-order valence-electron chi connectivity index (χ1n) is 4.44. The van der Waals surface area contributed by atoms with Crippen LogP contribution in [0, 0.1) is 0 Å². The molecule has 2 aromatic rings. The molecule has 0 amide bonds. The number of hydrogen-bond donors (Lipinski definition) is 0. The summed E-state index contributed by atoms with van der Waals surface area (Å²) in [6.45, 7) is 0.303. The quantitative estimate of drug-likeness (QED) is 0.714. The lowest BCUT2D eigenvalue weighted by Gasteiger charge is -2.05. The predicted molar refractivity (Wildman–Crippen MR) is 52.7 cm³/mol. The molecule has 0 saturated carbocycles. The van der Waals surface area contributed by atoms with Gasteiger partial charge in [-0.05, 0) is 18.2 Å². The molecule has 4 nitrogen and oxygen atoms in total. The van der Waals surface area contributed by atoms with Gasteiger partial charge in [0.15, 0.2) is 6.29 Å². The number of ether oxygens (including phenoxy) is 1. The Hall–Kier alpha value is -2.10. The molecule has 0 aliphatic rings. The van der Waals surface area contributed by atoms with Crippen molar-refractivity contribution in [3.8, 4) is 5.75 Å². The molecule has 0 spiro atoms. The van der Waals surface area contributed by atoms with E-state index in [1.54, 1.807) is 24.6 Å². The van der Waals surface area contributed by atoms with Crippen LogP contribution >= 0.6 is 0 Å². The highest BCUT2D eigenvalue weighted by molar-refractivity contribution is 5.78. The highest BCUT2D eigenvalue weighted by Crippen LogP contribution is 2.16. The zero-order valence-corrected chi connectivity index (χ0v) is 7.92. The van der Waals surface area contributed by atoms with E-state index >= 15 is 0 Å². The fraction of sp³-hybridized carbons (Fsp3) is 0.0909. The fourth-order valence-corrected chi connectivity index (χ4v) is 1.16. The second-order valence-electron chi connectivity index (χ2n) is 2.90. The molecular formula is C11H9NO3. The Kier molecular flexibility index (Phi) is 2.78. The van der Waals surface area contributed by atoms with Crippen molar-refractivity contribution in [2.75, 3.05) is 0 Å². The van der Waals surface area contributed by atoms with E-state index in [9.17, 15) is 4.79 Å². The Morgan fingerprint density at radius 3 is 3.13 bits per heavy atom. The third kappa shape index (κ3) is 2.22. The first-order valence-corrected chi connectivity index (χ1v) is 4.44. The molecule has 0 atom stereocenters. The summed E-state index contributed by atoms with van der Waals surface area (Å²) in [7, 11) is 0. The number of hydrogen-bond acceptors (Lipinski definition) is 4. The van der Waals surface area contributed by atoms with E-state index in [0.29, 0.717) is 30.0 Å². The highest BCUT2D eigenvalue weighted by Gasteiger charge is 2.03. The number of aldehydes is 1. The third-order valence-electron chi connectivity index (χ3n) is 1.89. The maximum absolute atomic E-state index is 10.6. The van der Waals surface area contributed by atoms with Gasteiger partial charge in [0.05, 0.1) is 11.8 Å². The lowest BCUT2D eigenvalue weighted by Crippen LogP contribution is -1.97. The number of aromatic nitrogens is 1. The van der Waals surface area contributed by atoms with Crippen LogP contribution in [0.3, 0.4) is 0 Å². The molecule has 0 aliphatic heterocycles. The molecule has 0 N–H and O–H groups in total. The largest absolute Gasteiger partial charge is 0.485 e. The van der Waals surface area contributed by atoms with Crippen molar-refractivity contribution in [1.29, 1.82) is 0 Å². The monoisotopic (exact) mass is 203 g/mol. The van der Waals surface area contributed by atoms with Gasteiger partial charge < -0.3 is 9.15 Å². The normalized spacial score (nSPS) is 9.87. The maximum Gasteiger partial charge on any atom is 0.155 e. The van der Waals surface area contributed by atoms with Crippen molar-refractivity contribution in [3.05, 3.63) is 48.2 Å². The predicted octanol–water partition coefficient (Wildman–Crippen LogP) is 2.07. The SMILES string of the molecule is O=Cc1cnccc1OCc1ccco1. The Bertz CT molecular complexity index is 437. The van der Waals surface area contributed by atoms with Gasteiger partial charge in [-0.25, -0.2) is 0 Å². The summed E-state index contributed by atoms with van der Waals surface area (Å²) in [5.41, 5.74) is 0.434. The van der Waals surface area contributed by atoms with Gasteiger partial charge in [0.2, 0.25) is 0 Å². The zero-order chi connectivity index (χ0) is 10.5. The molecule has 0 saturated heterocycles. The Morgan fingerprint density at radius 1 is 1.47 bits per heavy atom. The summed E-state index contributed by atoms with van der Waals surface area (Å²) in [5, 5.41) is 0. The van der Waals surface area contributed by atoms with Crippen molar-refractivity contribution in [2.24, 2.45) is 0 Å². The summed E-state index contributed by atoms with van der Waals surface area (Å²) < 4.78 is 10.5. The van der Waals surface area contributed by atoms with Gasteiger partial charge in [-0.1, -0.05) is 0 Å². The molecule has 2 heterocycles. The summed E-state index contributed by atoms with van der Waals surface area (Å²) in [5.74, 6) is 1.22. The number of pyridine rings is 1. The molecule has 0 aromatic carbocycles. The molecule has 2 aromatic heterocycles. The Labute approximate surface area is 86.5 Å². The molecule has 0 unspecified atom stereocenters. The molecule has 76 valence electrons. The van der Waals surface area contributed by atoms with Gasteiger partial charge in [-0.3, -0.25) is 9.78 Å². The lowest BCUT2D eigenvalue weighted by atomic mass is 10.3. The molecule has 0 bridgehead atoms. The van der Waals surface area contributed by atoms with Crippen molar-refractivity contribution >= 4 is 6.29 Å². The van der Waals surface area contributed by atoms with Gasteiger partial charge in [0.1, 0.15) is 18.1 Å². The smallest absolute Gasteiger partial charge is 0.155 e. The molecule has 0 aliphatic carbocycles. The average molecular weight is 203 g/mol. The van der Waals surface area contributed by atoms with Crippen LogP contribution in [-0.2, 0) is 6.61 Å². The van der Waals surface area contributed by atoms with Gasteiger partial charge in [0.25, 0.3) is 0 Å². The van der Waals surface area contributed by atoms with E-state index in [4.69, 9.17) is 9.15 Å². The summed E-state index contributed by atoms with van der Waals surface area (Å²) in [6, 6.07) is 5.24. The van der Waals surface area contributed by atoms with Gasteiger partial charge in [0, 0.05) is 12.4 Å². The minimum absolute atomic E-state index is 0.303. The van der Waals surface area contributed by atoms with Crippen molar-refractivity contribution in [1.82, 2.24) is 4.98 Å². The van der Waals surface area contributed by atoms with Gasteiger partial charge >= 0.3 is 0 Å². The second kappa shape index (κ2) is 4.41. The Morgan fingerprint density at radius 2 is 2.40 bits per heavy atom. The zero-order valence-electron chi connectivity index (χ0n) is 7.92. The van der Waals surface area contributed by atoms with Gasteiger partial charge in [-0.15, -0.1) is 0 Å². The van der Waals surface area contributed by atoms with Crippen LogP contribution < -0.4 is 4.74 Å². The number of nitrogens with zero attached hydrogens (tertiary/aromatic N) is 1. The van der Waals surface area contributed by atoms with Crippen LogP contribution in [0.25, 0.3) is 0 Å². The minimum atomic E-state index is 0.303. The molecule has 0 fully saturated rings. The molecule has 2 rings (SSSR count). The minimum Gasteiger partial charge on any atom is -0.485 e. The first-order chi connectivity index (χ1) is 7.40. The molecule has 4 heteroatoms. The Balaban J connectivity index is 2.07. The molecular weight excluding hydrogens is 194 g/mol. The van der Waals surface area contributed by atoms with Crippen LogP contribution in [0.4, 0.5) is 0 Å². The standard InChI is InChI=1S/C11H9NO3/c13-7-9-6-12-4-3-11(9)15-8-10-2-1-5-14-10/h1-7H,8H2. The van der Waals surface area contributed by atoms with Crippen LogP contribution in [0.2, 0.25) is 0 Å². The van der Waals surface area contributed by atoms with E-state index in [1.165, 1.54) is 6.20 Å². The lowest BCUT2D eigenvalue weighted by molar-refractivity contribution is 0.111. The third-order valence-corrected chi connectivity index (χ3v) is 1.89. The second-order valence-corrected chi connectivity index (χ2v) is 2.90. The van der Waals surface area contributed by atoms with E-state index in [0.717, 1.165) is 0 Å². The summed E-state index contributed by atoms with van der Waals surface area (Å²) in [6.07, 6.45) is 5.32. The number of furan rings is 1. The van der Waals surface area contributed by atoms with Crippen LogP contribution in [-0.4, -0.2) is 11.3 Å². The summed E-state index contributed by atoms with van der Waals surface area (Å²) >= 11 is 0. The number of carbonyl (C=O) groups excluding carboxylic acids is 1. The van der Waals surface area contributed by atoms with Crippen LogP contribution in [0.15, 0.2) is 41.3 Å². The fourth-order valence-electron chi connectivity index (χ4n) is 1.16.